The second-order valence-corrected chi connectivity index (χ2v) is 10.4. The molecule has 0 atom stereocenters. The van der Waals surface area contributed by atoms with Crippen molar-refractivity contribution in [3.05, 3.63) is 18.2 Å². The van der Waals surface area contributed by atoms with Gasteiger partial charge < -0.3 is 4.74 Å². The highest BCUT2D eigenvalue weighted by Gasteiger charge is 2.12. The van der Waals surface area contributed by atoms with Gasteiger partial charge in [0.05, 0.1) is 31.4 Å². The number of anilines is 2. The molecule has 1 saturated heterocycles. The fourth-order valence-corrected chi connectivity index (χ4v) is 4.38. The Morgan fingerprint density at radius 1 is 1.08 bits per heavy atom. The van der Waals surface area contributed by atoms with Gasteiger partial charge in [0.1, 0.15) is 0 Å². The number of hydrogen-bond donors (Lipinski definition) is 3. The van der Waals surface area contributed by atoms with E-state index < -0.39 is 20.0 Å². The van der Waals surface area contributed by atoms with E-state index in [1.807, 2.05) is 0 Å². The minimum absolute atomic E-state index is 0.384. The van der Waals surface area contributed by atoms with Gasteiger partial charge in [0, 0.05) is 36.0 Å². The average Bonchev–Trinajstić information content (AvgIpc) is 2.52. The van der Waals surface area contributed by atoms with Crippen LogP contribution in [0.2, 0.25) is 0 Å². The van der Waals surface area contributed by atoms with E-state index >= 15 is 0 Å². The lowest BCUT2D eigenvalue weighted by atomic mass is 10.3. The summed E-state index contributed by atoms with van der Waals surface area (Å²) in [6.45, 7) is 3.72. The molecule has 0 radical (unpaired) electrons. The molecule has 0 saturated carbocycles. The molecule has 0 spiro atoms. The zero-order valence-corrected chi connectivity index (χ0v) is 17.1. The number of morpholine rings is 1. The quantitative estimate of drug-likeness (QED) is 0.384. The van der Waals surface area contributed by atoms with Crippen LogP contribution in [0, 0.1) is 0 Å². The van der Waals surface area contributed by atoms with Crippen molar-refractivity contribution in [1.82, 2.24) is 10.4 Å². The van der Waals surface area contributed by atoms with Crippen molar-refractivity contribution in [2.75, 3.05) is 60.6 Å². The maximum atomic E-state index is 11.5. The molecule has 1 heterocycles. The van der Waals surface area contributed by atoms with Gasteiger partial charge in [-0.1, -0.05) is 0 Å². The van der Waals surface area contributed by atoms with E-state index in [0.717, 1.165) is 25.6 Å². The fraction of sp³-hybridized carbons (Fsp3) is 0.571. The van der Waals surface area contributed by atoms with Crippen LogP contribution < -0.4 is 14.9 Å². The lowest BCUT2D eigenvalue weighted by molar-refractivity contribution is 0.0134. The van der Waals surface area contributed by atoms with Crippen LogP contribution in [0.15, 0.2) is 23.1 Å². The van der Waals surface area contributed by atoms with Gasteiger partial charge in [-0.2, -0.15) is 0 Å². The number of rotatable bonds is 9. The van der Waals surface area contributed by atoms with Gasteiger partial charge in [-0.15, -0.1) is 11.8 Å². The van der Waals surface area contributed by atoms with Crippen LogP contribution in [-0.4, -0.2) is 73.0 Å². The number of nitrogens with one attached hydrogen (secondary N) is 3. The highest BCUT2D eigenvalue weighted by Crippen LogP contribution is 2.31. The summed E-state index contributed by atoms with van der Waals surface area (Å²) < 4.78 is 56.0. The summed E-state index contributed by atoms with van der Waals surface area (Å²) in [4.78, 5) is 0.646. The standard InChI is InChI=1S/C14H24N4O5S3/c1-25(19,20)16-12-3-4-13(17-26(2,21)22)14(11-12)24-10-5-15-18-6-8-23-9-7-18/h3-4,11,15-17H,5-10H2,1-2H3. The summed E-state index contributed by atoms with van der Waals surface area (Å²) in [5.41, 5.74) is 4.10. The molecule has 9 nitrogen and oxygen atoms in total. The maximum absolute atomic E-state index is 11.5. The van der Waals surface area contributed by atoms with Crippen molar-refractivity contribution in [3.63, 3.8) is 0 Å². The maximum Gasteiger partial charge on any atom is 0.229 e. The first-order valence-electron chi connectivity index (χ1n) is 7.91. The second kappa shape index (κ2) is 9.24. The third kappa shape index (κ3) is 8.10. The molecule has 1 aromatic carbocycles. The number of nitrogens with zero attached hydrogens (tertiary/aromatic N) is 1. The number of hydrazine groups is 1. The minimum Gasteiger partial charge on any atom is -0.379 e. The molecule has 1 aliphatic rings. The molecular weight excluding hydrogens is 400 g/mol. The Kier molecular flexibility index (Phi) is 7.55. The van der Waals surface area contributed by atoms with Crippen molar-refractivity contribution in [3.8, 4) is 0 Å². The molecule has 148 valence electrons. The third-order valence-corrected chi connectivity index (χ3v) is 5.54. The number of ether oxygens (including phenoxy) is 1. The fourth-order valence-electron chi connectivity index (χ4n) is 2.29. The van der Waals surface area contributed by atoms with Crippen molar-refractivity contribution in [2.45, 2.75) is 4.90 Å². The van der Waals surface area contributed by atoms with Crippen LogP contribution in [0.1, 0.15) is 0 Å². The molecule has 2 rings (SSSR count). The molecule has 0 unspecified atom stereocenters. The summed E-state index contributed by atoms with van der Waals surface area (Å²) in [5.74, 6) is 0.679. The molecule has 1 aliphatic heterocycles. The van der Waals surface area contributed by atoms with Gasteiger partial charge in [-0.05, 0) is 18.2 Å². The monoisotopic (exact) mass is 424 g/mol. The highest BCUT2D eigenvalue weighted by molar-refractivity contribution is 7.99. The molecule has 3 N–H and O–H groups in total. The largest absolute Gasteiger partial charge is 0.379 e. The Hall–Kier alpha value is -1.05. The van der Waals surface area contributed by atoms with Crippen LogP contribution in [-0.2, 0) is 24.8 Å². The lowest BCUT2D eigenvalue weighted by Gasteiger charge is -2.27. The molecule has 0 amide bonds. The van der Waals surface area contributed by atoms with E-state index in [2.05, 4.69) is 19.9 Å². The van der Waals surface area contributed by atoms with E-state index in [1.165, 1.54) is 17.8 Å². The summed E-state index contributed by atoms with van der Waals surface area (Å²) in [5, 5.41) is 2.08. The van der Waals surface area contributed by atoms with Gasteiger partial charge in [-0.3, -0.25) is 14.9 Å². The second-order valence-electron chi connectivity index (χ2n) is 5.82. The molecule has 1 aromatic rings. The van der Waals surface area contributed by atoms with Gasteiger partial charge in [0.15, 0.2) is 0 Å². The number of thioether (sulfide) groups is 1. The van der Waals surface area contributed by atoms with E-state index in [9.17, 15) is 16.8 Å². The zero-order chi connectivity index (χ0) is 19.2. The first kappa shape index (κ1) is 21.3. The van der Waals surface area contributed by atoms with E-state index in [4.69, 9.17) is 4.74 Å². The molecule has 1 fully saturated rings. The molecule has 0 aromatic heterocycles. The van der Waals surface area contributed by atoms with Crippen molar-refractivity contribution >= 4 is 43.2 Å². The third-order valence-electron chi connectivity index (χ3n) is 3.29. The van der Waals surface area contributed by atoms with Crippen molar-refractivity contribution in [1.29, 1.82) is 0 Å². The van der Waals surface area contributed by atoms with Crippen molar-refractivity contribution < 1.29 is 21.6 Å². The number of hydrogen-bond acceptors (Lipinski definition) is 8. The van der Waals surface area contributed by atoms with Gasteiger partial charge in [-0.25, -0.2) is 21.8 Å². The SMILES string of the molecule is CS(=O)(=O)Nc1ccc(NS(C)(=O)=O)c(SCCNN2CCOCC2)c1. The van der Waals surface area contributed by atoms with Crippen LogP contribution in [0.3, 0.4) is 0 Å². The first-order valence-corrected chi connectivity index (χ1v) is 12.7. The highest BCUT2D eigenvalue weighted by atomic mass is 32.2. The van der Waals surface area contributed by atoms with E-state index in [0.29, 0.717) is 41.8 Å². The first-order chi connectivity index (χ1) is 12.1. The van der Waals surface area contributed by atoms with Crippen LogP contribution >= 0.6 is 11.8 Å². The van der Waals surface area contributed by atoms with Gasteiger partial charge in [0.25, 0.3) is 0 Å². The molecular formula is C14H24N4O5S3. The van der Waals surface area contributed by atoms with Gasteiger partial charge >= 0.3 is 0 Å². The summed E-state index contributed by atoms with van der Waals surface area (Å²) >= 11 is 1.43. The summed E-state index contributed by atoms with van der Waals surface area (Å²) in [6, 6.07) is 4.69. The average molecular weight is 425 g/mol. The molecule has 0 aliphatic carbocycles. The Morgan fingerprint density at radius 2 is 1.73 bits per heavy atom. The molecule has 0 bridgehead atoms. The minimum atomic E-state index is -3.44. The Labute approximate surface area is 158 Å². The van der Waals surface area contributed by atoms with Crippen LogP contribution in [0.4, 0.5) is 11.4 Å². The molecule has 26 heavy (non-hydrogen) atoms. The van der Waals surface area contributed by atoms with Crippen molar-refractivity contribution in [2.24, 2.45) is 0 Å². The predicted octanol–water partition coefficient (Wildman–Crippen LogP) is 0.359. The predicted molar refractivity (Wildman–Crippen MR) is 104 cm³/mol. The Morgan fingerprint density at radius 3 is 2.35 bits per heavy atom. The normalized spacial score (nSPS) is 16.4. The summed E-state index contributed by atoms with van der Waals surface area (Å²) in [7, 11) is -6.85. The number of sulfonamides is 2. The summed E-state index contributed by atoms with van der Waals surface area (Å²) in [6.07, 6.45) is 2.14. The lowest BCUT2D eigenvalue weighted by Crippen LogP contribution is -2.46. The molecule has 12 heteroatoms. The zero-order valence-electron chi connectivity index (χ0n) is 14.7. The van der Waals surface area contributed by atoms with Crippen LogP contribution in [0.25, 0.3) is 0 Å². The smallest absolute Gasteiger partial charge is 0.229 e. The Bertz CT molecular complexity index is 808. The van der Waals surface area contributed by atoms with Gasteiger partial charge in [0.2, 0.25) is 20.0 Å². The van der Waals surface area contributed by atoms with E-state index in [1.54, 1.807) is 12.1 Å². The topological polar surface area (TPSA) is 117 Å². The Balaban J connectivity index is 2.02. The van der Waals surface area contributed by atoms with E-state index in [-0.39, 0.29) is 0 Å². The van der Waals surface area contributed by atoms with Crippen LogP contribution in [0.5, 0.6) is 0 Å². The number of benzene rings is 1.